The molecule has 0 radical (unpaired) electrons. The third kappa shape index (κ3) is 5.50. The lowest BCUT2D eigenvalue weighted by Gasteiger charge is -2.32. The van der Waals surface area contributed by atoms with Gasteiger partial charge in [-0.15, -0.1) is 0 Å². The van der Waals surface area contributed by atoms with E-state index in [0.29, 0.717) is 41.6 Å². The molecule has 0 aromatic heterocycles. The van der Waals surface area contributed by atoms with Crippen LogP contribution in [0.15, 0.2) is 53.4 Å². The van der Waals surface area contributed by atoms with Gasteiger partial charge >= 0.3 is 0 Å². The molecule has 1 aliphatic heterocycles. The van der Waals surface area contributed by atoms with Crippen LogP contribution in [0.4, 0.5) is 0 Å². The Bertz CT molecular complexity index is 938. The van der Waals surface area contributed by atoms with Crippen LogP contribution in [0, 0.1) is 6.92 Å². The van der Waals surface area contributed by atoms with E-state index in [4.69, 9.17) is 16.3 Å². The number of amides is 1. The second kappa shape index (κ2) is 9.15. The number of carbonyl (C=O) groups excluding carboxylic acids is 1. The lowest BCUT2D eigenvalue weighted by atomic mass is 10.1. The molecular weight excluding hydrogens is 412 g/mol. The largest absolute Gasteiger partial charge is 0.481 e. The Morgan fingerprint density at radius 1 is 1.10 bits per heavy atom. The van der Waals surface area contributed by atoms with Crippen molar-refractivity contribution in [1.82, 2.24) is 9.62 Å². The molecule has 2 aromatic carbocycles. The van der Waals surface area contributed by atoms with Gasteiger partial charge in [0.1, 0.15) is 5.75 Å². The van der Waals surface area contributed by atoms with E-state index >= 15 is 0 Å². The first-order valence-electron chi connectivity index (χ1n) is 9.55. The zero-order valence-corrected chi connectivity index (χ0v) is 18.0. The van der Waals surface area contributed by atoms with Crippen LogP contribution in [0.3, 0.4) is 0 Å². The highest BCUT2D eigenvalue weighted by atomic mass is 35.5. The minimum atomic E-state index is -3.51. The average Bonchev–Trinajstić information content (AvgIpc) is 2.70. The van der Waals surface area contributed by atoms with Crippen molar-refractivity contribution < 1.29 is 17.9 Å². The monoisotopic (exact) mass is 436 g/mol. The molecule has 3 rings (SSSR count). The number of hydrogen-bond acceptors (Lipinski definition) is 4. The van der Waals surface area contributed by atoms with Crippen LogP contribution >= 0.6 is 11.6 Å². The molecular formula is C21H25ClN2O4S. The number of hydrogen-bond donors (Lipinski definition) is 1. The van der Waals surface area contributed by atoms with Gasteiger partial charge in [0.05, 0.1) is 4.90 Å². The Morgan fingerprint density at radius 2 is 1.69 bits per heavy atom. The normalized spacial score (nSPS) is 16.9. The number of aryl methyl sites for hydroxylation is 1. The van der Waals surface area contributed by atoms with Crippen LogP contribution in [0.25, 0.3) is 0 Å². The summed E-state index contributed by atoms with van der Waals surface area (Å²) in [6.45, 7) is 4.34. The zero-order chi connectivity index (χ0) is 21.0. The van der Waals surface area contributed by atoms with E-state index in [-0.39, 0.29) is 11.9 Å². The van der Waals surface area contributed by atoms with Crippen molar-refractivity contribution in [2.45, 2.75) is 43.7 Å². The van der Waals surface area contributed by atoms with Crippen LogP contribution in [0.5, 0.6) is 5.75 Å². The van der Waals surface area contributed by atoms with Crippen LogP contribution in [-0.4, -0.2) is 43.9 Å². The summed E-state index contributed by atoms with van der Waals surface area (Å²) in [5.41, 5.74) is 1.01. The van der Waals surface area contributed by atoms with Crippen molar-refractivity contribution in [3.8, 4) is 5.75 Å². The van der Waals surface area contributed by atoms with E-state index in [1.54, 1.807) is 55.5 Å². The fourth-order valence-electron chi connectivity index (χ4n) is 3.19. The summed E-state index contributed by atoms with van der Waals surface area (Å²) in [7, 11) is -3.51. The van der Waals surface area contributed by atoms with Gasteiger partial charge in [-0.2, -0.15) is 4.31 Å². The van der Waals surface area contributed by atoms with Crippen molar-refractivity contribution in [3.05, 3.63) is 59.1 Å². The third-order valence-electron chi connectivity index (χ3n) is 4.95. The summed E-state index contributed by atoms with van der Waals surface area (Å²) >= 11 is 5.85. The second-order valence-electron chi connectivity index (χ2n) is 7.21. The highest BCUT2D eigenvalue weighted by Crippen LogP contribution is 2.22. The molecule has 1 atom stereocenters. The molecule has 0 saturated carbocycles. The van der Waals surface area contributed by atoms with Gasteiger partial charge in [-0.1, -0.05) is 29.3 Å². The Kier molecular flexibility index (Phi) is 6.82. The topological polar surface area (TPSA) is 75.7 Å². The van der Waals surface area contributed by atoms with E-state index in [1.807, 2.05) is 6.92 Å². The maximum absolute atomic E-state index is 12.8. The number of sulfonamides is 1. The Hall–Kier alpha value is -2.09. The Labute approximate surface area is 176 Å². The molecule has 29 heavy (non-hydrogen) atoms. The molecule has 2 aromatic rings. The number of ether oxygens (including phenoxy) is 1. The van der Waals surface area contributed by atoms with Gasteiger partial charge in [0, 0.05) is 24.2 Å². The standard InChI is InChI=1S/C21H25ClN2O4S/c1-15-3-9-20(10-4-15)29(26,27)24-13-11-18(12-14-24)23-21(25)16(2)28-19-7-5-17(22)6-8-19/h3-10,16,18H,11-14H2,1-2H3,(H,23,25). The van der Waals surface area contributed by atoms with Crippen LogP contribution in [0.1, 0.15) is 25.3 Å². The molecule has 1 aliphatic rings. The van der Waals surface area contributed by atoms with Gasteiger partial charge in [-0.05, 0) is 63.1 Å². The molecule has 1 amide bonds. The third-order valence-corrected chi connectivity index (χ3v) is 7.12. The molecule has 1 heterocycles. The maximum atomic E-state index is 12.8. The van der Waals surface area contributed by atoms with Gasteiger partial charge in [0.25, 0.3) is 5.91 Å². The van der Waals surface area contributed by atoms with Crippen molar-refractivity contribution in [3.63, 3.8) is 0 Å². The van der Waals surface area contributed by atoms with E-state index in [2.05, 4.69) is 5.32 Å². The molecule has 1 unspecified atom stereocenters. The second-order valence-corrected chi connectivity index (χ2v) is 9.59. The van der Waals surface area contributed by atoms with Crippen LogP contribution in [-0.2, 0) is 14.8 Å². The first kappa shape index (κ1) is 21.6. The predicted molar refractivity (Wildman–Crippen MR) is 113 cm³/mol. The maximum Gasteiger partial charge on any atom is 0.260 e. The summed E-state index contributed by atoms with van der Waals surface area (Å²) in [4.78, 5) is 12.7. The number of nitrogens with one attached hydrogen (secondary N) is 1. The lowest BCUT2D eigenvalue weighted by Crippen LogP contribution is -2.49. The molecule has 156 valence electrons. The van der Waals surface area contributed by atoms with Crippen molar-refractivity contribution in [2.24, 2.45) is 0 Å². The Morgan fingerprint density at radius 3 is 2.28 bits per heavy atom. The summed E-state index contributed by atoms with van der Waals surface area (Å²) in [6, 6.07) is 13.6. The van der Waals surface area contributed by atoms with Gasteiger partial charge in [-0.3, -0.25) is 4.79 Å². The molecule has 0 bridgehead atoms. The smallest absolute Gasteiger partial charge is 0.260 e. The lowest BCUT2D eigenvalue weighted by molar-refractivity contribution is -0.128. The summed E-state index contributed by atoms with van der Waals surface area (Å²) < 4.78 is 32.7. The fraction of sp³-hybridized carbons (Fsp3) is 0.381. The van der Waals surface area contributed by atoms with Crippen molar-refractivity contribution >= 4 is 27.5 Å². The molecule has 1 fully saturated rings. The minimum absolute atomic E-state index is 0.0803. The summed E-state index contributed by atoms with van der Waals surface area (Å²) in [5, 5.41) is 3.56. The predicted octanol–water partition coefficient (Wildman–Crippen LogP) is 3.39. The Balaban J connectivity index is 1.51. The first-order valence-corrected chi connectivity index (χ1v) is 11.4. The van der Waals surface area contributed by atoms with Crippen molar-refractivity contribution in [2.75, 3.05) is 13.1 Å². The van der Waals surface area contributed by atoms with Gasteiger partial charge < -0.3 is 10.1 Å². The number of benzene rings is 2. The summed E-state index contributed by atoms with van der Waals surface area (Å²) in [5.74, 6) is 0.343. The van der Waals surface area contributed by atoms with Gasteiger partial charge in [-0.25, -0.2) is 8.42 Å². The van der Waals surface area contributed by atoms with Crippen LogP contribution < -0.4 is 10.1 Å². The van der Waals surface area contributed by atoms with E-state index < -0.39 is 16.1 Å². The highest BCUT2D eigenvalue weighted by Gasteiger charge is 2.30. The van der Waals surface area contributed by atoms with Crippen LogP contribution in [0.2, 0.25) is 5.02 Å². The molecule has 0 aliphatic carbocycles. The molecule has 8 heteroatoms. The van der Waals surface area contributed by atoms with Crippen molar-refractivity contribution in [1.29, 1.82) is 0 Å². The zero-order valence-electron chi connectivity index (χ0n) is 16.5. The quantitative estimate of drug-likeness (QED) is 0.753. The average molecular weight is 437 g/mol. The number of nitrogens with zero attached hydrogens (tertiary/aromatic N) is 1. The minimum Gasteiger partial charge on any atom is -0.481 e. The number of halogens is 1. The fourth-order valence-corrected chi connectivity index (χ4v) is 4.78. The van der Waals surface area contributed by atoms with E-state index in [1.165, 1.54) is 4.31 Å². The molecule has 0 spiro atoms. The molecule has 1 saturated heterocycles. The SMILES string of the molecule is Cc1ccc(S(=O)(=O)N2CCC(NC(=O)C(C)Oc3ccc(Cl)cc3)CC2)cc1. The number of piperidine rings is 1. The molecule has 6 nitrogen and oxygen atoms in total. The van der Waals surface area contributed by atoms with Gasteiger partial charge in [0.15, 0.2) is 6.10 Å². The summed E-state index contributed by atoms with van der Waals surface area (Å²) in [6.07, 6.45) is 0.458. The van der Waals surface area contributed by atoms with Gasteiger partial charge in [0.2, 0.25) is 10.0 Å². The number of carbonyl (C=O) groups is 1. The highest BCUT2D eigenvalue weighted by molar-refractivity contribution is 7.89. The van der Waals surface area contributed by atoms with E-state index in [0.717, 1.165) is 5.56 Å². The van der Waals surface area contributed by atoms with E-state index in [9.17, 15) is 13.2 Å². The number of rotatable bonds is 6. The molecule has 1 N–H and O–H groups in total. The first-order chi connectivity index (χ1) is 13.8.